The lowest BCUT2D eigenvalue weighted by molar-refractivity contribution is -0.113. The second-order valence-electron chi connectivity index (χ2n) is 7.23. The molecule has 1 aliphatic heterocycles. The van der Waals surface area contributed by atoms with Crippen molar-refractivity contribution in [3.63, 3.8) is 0 Å². The number of rotatable bonds is 9. The van der Waals surface area contributed by atoms with Crippen LogP contribution >= 0.6 is 23.1 Å². The van der Waals surface area contributed by atoms with Crippen LogP contribution in [0.3, 0.4) is 0 Å². The van der Waals surface area contributed by atoms with Crippen molar-refractivity contribution in [2.75, 3.05) is 24.3 Å². The molecule has 1 N–H and O–H groups in total. The highest BCUT2D eigenvalue weighted by atomic mass is 32.2. The van der Waals surface area contributed by atoms with E-state index in [1.807, 2.05) is 0 Å². The standard InChI is InChI=1S/C19H27N5O4S2/c1-5-27-17(26)15-12(4)20-18(30-15)21-14(25)10-29-19-23-22-16(11(2)3)24(19)9-13-7-6-8-28-13/h11,13H,5-10H2,1-4H3,(H,20,21,25). The Morgan fingerprint density at radius 1 is 1.40 bits per heavy atom. The first-order valence-corrected chi connectivity index (χ1v) is 11.8. The van der Waals surface area contributed by atoms with E-state index in [9.17, 15) is 9.59 Å². The van der Waals surface area contributed by atoms with Gasteiger partial charge in [-0.1, -0.05) is 36.9 Å². The smallest absolute Gasteiger partial charge is 0.350 e. The van der Waals surface area contributed by atoms with Crippen molar-refractivity contribution < 1.29 is 19.1 Å². The Kier molecular flexibility index (Phi) is 7.84. The molecule has 30 heavy (non-hydrogen) atoms. The van der Waals surface area contributed by atoms with Gasteiger partial charge in [-0.05, 0) is 26.7 Å². The summed E-state index contributed by atoms with van der Waals surface area (Å²) in [6, 6.07) is 0. The van der Waals surface area contributed by atoms with Gasteiger partial charge in [-0.2, -0.15) is 0 Å². The molecule has 0 saturated carbocycles. The molecule has 1 atom stereocenters. The third-order valence-electron chi connectivity index (χ3n) is 4.51. The largest absolute Gasteiger partial charge is 0.462 e. The summed E-state index contributed by atoms with van der Waals surface area (Å²) in [7, 11) is 0. The zero-order valence-corrected chi connectivity index (χ0v) is 19.3. The maximum absolute atomic E-state index is 12.4. The Morgan fingerprint density at radius 3 is 2.87 bits per heavy atom. The lowest BCUT2D eigenvalue weighted by Crippen LogP contribution is -2.19. The van der Waals surface area contributed by atoms with E-state index in [0.717, 1.165) is 36.6 Å². The van der Waals surface area contributed by atoms with E-state index in [4.69, 9.17) is 9.47 Å². The molecule has 3 heterocycles. The van der Waals surface area contributed by atoms with Gasteiger partial charge in [0.2, 0.25) is 5.91 Å². The molecule has 1 unspecified atom stereocenters. The van der Waals surface area contributed by atoms with Crippen LogP contribution in [0.4, 0.5) is 5.13 Å². The van der Waals surface area contributed by atoms with Crippen molar-refractivity contribution in [1.82, 2.24) is 19.7 Å². The molecule has 164 valence electrons. The molecule has 11 heteroatoms. The molecule has 0 aromatic carbocycles. The van der Waals surface area contributed by atoms with Crippen LogP contribution in [-0.4, -0.2) is 56.7 Å². The summed E-state index contributed by atoms with van der Waals surface area (Å²) in [5, 5.41) is 12.4. The lowest BCUT2D eigenvalue weighted by Gasteiger charge is -2.15. The number of hydrogen-bond donors (Lipinski definition) is 1. The number of amides is 1. The molecule has 2 aromatic rings. The fraction of sp³-hybridized carbons (Fsp3) is 0.632. The number of anilines is 1. The minimum atomic E-state index is -0.425. The van der Waals surface area contributed by atoms with Crippen molar-refractivity contribution in [3.05, 3.63) is 16.4 Å². The maximum atomic E-state index is 12.4. The van der Waals surface area contributed by atoms with Crippen LogP contribution < -0.4 is 5.32 Å². The molecule has 2 aromatic heterocycles. The highest BCUT2D eigenvalue weighted by Gasteiger charge is 2.23. The van der Waals surface area contributed by atoms with Crippen LogP contribution in [0, 0.1) is 6.92 Å². The van der Waals surface area contributed by atoms with Gasteiger partial charge in [0.15, 0.2) is 10.3 Å². The van der Waals surface area contributed by atoms with Gasteiger partial charge in [-0.3, -0.25) is 4.79 Å². The lowest BCUT2D eigenvalue weighted by atomic mass is 10.2. The number of nitrogens with one attached hydrogen (secondary N) is 1. The molecule has 0 aliphatic carbocycles. The molecule has 0 radical (unpaired) electrons. The van der Waals surface area contributed by atoms with E-state index >= 15 is 0 Å². The third kappa shape index (κ3) is 5.58. The molecule has 0 bridgehead atoms. The molecule has 1 aliphatic rings. The van der Waals surface area contributed by atoms with Crippen LogP contribution in [0.2, 0.25) is 0 Å². The minimum absolute atomic E-state index is 0.159. The number of thioether (sulfide) groups is 1. The number of carbonyl (C=O) groups excluding carboxylic acids is 2. The fourth-order valence-electron chi connectivity index (χ4n) is 3.12. The van der Waals surface area contributed by atoms with Crippen molar-refractivity contribution >= 4 is 40.1 Å². The van der Waals surface area contributed by atoms with Gasteiger partial charge in [-0.15, -0.1) is 10.2 Å². The quantitative estimate of drug-likeness (QED) is 0.455. The predicted octanol–water partition coefficient (Wildman–Crippen LogP) is 3.25. The highest BCUT2D eigenvalue weighted by Crippen LogP contribution is 2.26. The Bertz CT molecular complexity index is 890. The molecular formula is C19H27N5O4S2. The van der Waals surface area contributed by atoms with Gasteiger partial charge in [0.1, 0.15) is 10.7 Å². The van der Waals surface area contributed by atoms with E-state index < -0.39 is 5.97 Å². The number of nitrogens with zero attached hydrogens (tertiary/aromatic N) is 4. The van der Waals surface area contributed by atoms with Gasteiger partial charge >= 0.3 is 5.97 Å². The van der Waals surface area contributed by atoms with Crippen LogP contribution in [0.5, 0.6) is 0 Å². The first kappa shape index (κ1) is 22.7. The first-order valence-electron chi connectivity index (χ1n) is 10.0. The van der Waals surface area contributed by atoms with Gasteiger partial charge in [0.25, 0.3) is 0 Å². The monoisotopic (exact) mass is 453 g/mol. The second-order valence-corrected chi connectivity index (χ2v) is 9.17. The molecule has 1 amide bonds. The Balaban J connectivity index is 1.62. The van der Waals surface area contributed by atoms with Crippen molar-refractivity contribution in [1.29, 1.82) is 0 Å². The minimum Gasteiger partial charge on any atom is -0.462 e. The number of hydrogen-bond acceptors (Lipinski definition) is 9. The van der Waals surface area contributed by atoms with Crippen LogP contribution in [0.1, 0.15) is 60.7 Å². The second kappa shape index (κ2) is 10.4. The molecule has 0 spiro atoms. The number of esters is 1. The van der Waals surface area contributed by atoms with Gasteiger partial charge < -0.3 is 19.4 Å². The van der Waals surface area contributed by atoms with E-state index in [2.05, 4.69) is 38.9 Å². The first-order chi connectivity index (χ1) is 14.4. The average molecular weight is 454 g/mol. The Morgan fingerprint density at radius 2 is 2.20 bits per heavy atom. The number of aryl methyl sites for hydroxylation is 1. The van der Waals surface area contributed by atoms with Gasteiger partial charge in [0.05, 0.1) is 30.7 Å². The fourth-order valence-corrected chi connectivity index (χ4v) is 4.75. The van der Waals surface area contributed by atoms with E-state index in [1.165, 1.54) is 11.8 Å². The summed E-state index contributed by atoms with van der Waals surface area (Å²) >= 11 is 2.44. The van der Waals surface area contributed by atoms with Gasteiger partial charge in [0, 0.05) is 12.5 Å². The summed E-state index contributed by atoms with van der Waals surface area (Å²) in [4.78, 5) is 29.0. The summed E-state index contributed by atoms with van der Waals surface area (Å²) in [6.45, 7) is 9.38. The van der Waals surface area contributed by atoms with Crippen LogP contribution in [-0.2, 0) is 20.8 Å². The zero-order chi connectivity index (χ0) is 21.7. The van der Waals surface area contributed by atoms with Crippen molar-refractivity contribution in [2.45, 2.75) is 64.3 Å². The van der Waals surface area contributed by atoms with Crippen LogP contribution in [0.15, 0.2) is 5.16 Å². The molecule has 9 nitrogen and oxygen atoms in total. The van der Waals surface area contributed by atoms with Crippen molar-refractivity contribution in [3.8, 4) is 0 Å². The number of thiazole rings is 1. The highest BCUT2D eigenvalue weighted by molar-refractivity contribution is 7.99. The SMILES string of the molecule is CCOC(=O)c1sc(NC(=O)CSc2nnc(C(C)C)n2CC2CCCO2)nc1C. The van der Waals surface area contributed by atoms with E-state index in [1.54, 1.807) is 13.8 Å². The van der Waals surface area contributed by atoms with Gasteiger partial charge in [-0.25, -0.2) is 9.78 Å². The Hall–Kier alpha value is -1.98. The topological polar surface area (TPSA) is 108 Å². The summed E-state index contributed by atoms with van der Waals surface area (Å²) in [5.74, 6) is 0.632. The molecule has 1 fully saturated rings. The van der Waals surface area contributed by atoms with Crippen molar-refractivity contribution in [2.24, 2.45) is 0 Å². The Labute approximate surface area is 184 Å². The molecule has 1 saturated heterocycles. The summed E-state index contributed by atoms with van der Waals surface area (Å²) in [6.07, 6.45) is 2.24. The number of aromatic nitrogens is 4. The zero-order valence-electron chi connectivity index (χ0n) is 17.6. The van der Waals surface area contributed by atoms with Crippen LogP contribution in [0.25, 0.3) is 0 Å². The number of ether oxygens (including phenoxy) is 2. The average Bonchev–Trinajstić information content (AvgIpc) is 3.41. The number of carbonyl (C=O) groups is 2. The van der Waals surface area contributed by atoms with E-state index in [-0.39, 0.29) is 23.7 Å². The predicted molar refractivity (Wildman–Crippen MR) is 115 cm³/mol. The maximum Gasteiger partial charge on any atom is 0.350 e. The normalized spacial score (nSPS) is 16.2. The third-order valence-corrected chi connectivity index (χ3v) is 6.53. The summed E-state index contributed by atoms with van der Waals surface area (Å²) < 4.78 is 12.8. The van der Waals surface area contributed by atoms with E-state index in [0.29, 0.717) is 34.0 Å². The summed E-state index contributed by atoms with van der Waals surface area (Å²) in [5.41, 5.74) is 0.541. The molecular weight excluding hydrogens is 426 g/mol. The molecule has 3 rings (SSSR count).